The standard InChI is InChI=1S/C28H43NO7/c1-8-20-25(32)16(2)10-9-11-28(7)23(36-28)13-21(17(3)12-19-15-34-18(4)29-19)35-24(31)14-22(30)27(5,6)26(20)33/h12,15-16,20-23,25,30,32H,8-11,13-14H2,1-7H3/t16-,20+,21-,22-,23-,25-,28+/m0/s1. The van der Waals surface area contributed by atoms with Gasteiger partial charge in [0.2, 0.25) is 0 Å². The van der Waals surface area contributed by atoms with Crippen molar-refractivity contribution in [2.45, 2.75) is 117 Å². The normalized spacial score (nSPS) is 36.8. The van der Waals surface area contributed by atoms with E-state index in [1.54, 1.807) is 27.0 Å². The molecule has 1 aromatic heterocycles. The molecule has 3 rings (SSSR count). The van der Waals surface area contributed by atoms with Crippen molar-refractivity contribution in [2.75, 3.05) is 0 Å². The smallest absolute Gasteiger partial charge is 0.309 e. The summed E-state index contributed by atoms with van der Waals surface area (Å²) < 4.78 is 17.2. The lowest BCUT2D eigenvalue weighted by Gasteiger charge is -2.35. The number of nitrogens with zero attached hydrogens (tertiary/aromatic N) is 1. The lowest BCUT2D eigenvalue weighted by atomic mass is 9.71. The summed E-state index contributed by atoms with van der Waals surface area (Å²) in [5.41, 5.74) is -0.104. The van der Waals surface area contributed by atoms with E-state index in [0.717, 1.165) is 24.8 Å². The molecule has 3 heterocycles. The molecule has 0 spiro atoms. The van der Waals surface area contributed by atoms with Crippen molar-refractivity contribution in [1.29, 1.82) is 0 Å². The molecule has 2 N–H and O–H groups in total. The molecule has 36 heavy (non-hydrogen) atoms. The number of rotatable bonds is 3. The molecule has 2 aliphatic heterocycles. The molecule has 2 saturated heterocycles. The van der Waals surface area contributed by atoms with Crippen LogP contribution in [0.15, 0.2) is 16.3 Å². The molecular weight excluding hydrogens is 462 g/mol. The summed E-state index contributed by atoms with van der Waals surface area (Å²) in [6.07, 6.45) is 3.73. The van der Waals surface area contributed by atoms with E-state index >= 15 is 0 Å². The summed E-state index contributed by atoms with van der Waals surface area (Å²) >= 11 is 0. The topological polar surface area (TPSA) is 122 Å². The largest absolute Gasteiger partial charge is 0.458 e. The summed E-state index contributed by atoms with van der Waals surface area (Å²) in [6.45, 7) is 12.8. The minimum Gasteiger partial charge on any atom is -0.458 e. The van der Waals surface area contributed by atoms with Gasteiger partial charge < -0.3 is 24.1 Å². The maximum absolute atomic E-state index is 13.4. The number of hydrogen-bond donors (Lipinski definition) is 2. The highest BCUT2D eigenvalue weighted by Crippen LogP contribution is 2.45. The zero-order valence-electron chi connectivity index (χ0n) is 22.7. The predicted molar refractivity (Wildman–Crippen MR) is 135 cm³/mol. The highest BCUT2D eigenvalue weighted by molar-refractivity contribution is 5.88. The first-order valence-corrected chi connectivity index (χ1v) is 13.2. The van der Waals surface area contributed by atoms with Crippen LogP contribution >= 0.6 is 0 Å². The minimum atomic E-state index is -1.24. The Labute approximate surface area is 214 Å². The summed E-state index contributed by atoms with van der Waals surface area (Å²) in [5, 5.41) is 22.0. The van der Waals surface area contributed by atoms with Gasteiger partial charge in [0.1, 0.15) is 23.8 Å². The molecule has 0 bridgehead atoms. The zero-order chi connectivity index (χ0) is 26.8. The quantitative estimate of drug-likeness (QED) is 0.458. The van der Waals surface area contributed by atoms with Crippen LogP contribution in [0.5, 0.6) is 0 Å². The lowest BCUT2D eigenvalue weighted by molar-refractivity contribution is -0.154. The van der Waals surface area contributed by atoms with Crippen molar-refractivity contribution in [3.8, 4) is 0 Å². The number of aliphatic hydroxyl groups excluding tert-OH is 2. The monoisotopic (exact) mass is 505 g/mol. The molecular formula is C28H43NO7. The first-order chi connectivity index (χ1) is 16.8. The van der Waals surface area contributed by atoms with E-state index in [0.29, 0.717) is 24.4 Å². The van der Waals surface area contributed by atoms with Crippen molar-refractivity contribution < 1.29 is 33.7 Å². The molecule has 0 radical (unpaired) electrons. The number of fused-ring (bicyclic) bond motifs is 1. The summed E-state index contributed by atoms with van der Waals surface area (Å²) in [4.78, 5) is 30.7. The maximum Gasteiger partial charge on any atom is 0.309 e. The van der Waals surface area contributed by atoms with Gasteiger partial charge in [-0.05, 0) is 50.7 Å². The van der Waals surface area contributed by atoms with Gasteiger partial charge in [-0.3, -0.25) is 9.59 Å². The molecule has 0 amide bonds. The second kappa shape index (κ2) is 11.2. The lowest BCUT2D eigenvalue weighted by Crippen LogP contribution is -2.46. The number of cyclic esters (lactones) is 1. The van der Waals surface area contributed by atoms with Gasteiger partial charge in [0.25, 0.3) is 0 Å². The fraction of sp³-hybridized carbons (Fsp3) is 0.750. The molecule has 0 aromatic carbocycles. The Morgan fingerprint density at radius 3 is 2.56 bits per heavy atom. The number of epoxide rings is 1. The van der Waals surface area contributed by atoms with Gasteiger partial charge in [-0.2, -0.15) is 0 Å². The third-order valence-corrected chi connectivity index (χ3v) is 8.19. The molecule has 7 atom stereocenters. The Bertz CT molecular complexity index is 967. The molecule has 1 aromatic rings. The van der Waals surface area contributed by atoms with Gasteiger partial charge in [-0.1, -0.05) is 34.1 Å². The van der Waals surface area contributed by atoms with E-state index in [-0.39, 0.29) is 29.8 Å². The van der Waals surface area contributed by atoms with E-state index in [1.165, 1.54) is 0 Å². The first-order valence-electron chi connectivity index (χ1n) is 13.2. The molecule has 2 fully saturated rings. The maximum atomic E-state index is 13.4. The van der Waals surface area contributed by atoms with Gasteiger partial charge in [0.05, 0.1) is 35.7 Å². The highest BCUT2D eigenvalue weighted by atomic mass is 16.6. The number of Topliss-reactive ketones (excluding diaryl/α,β-unsaturated/α-hetero) is 1. The van der Waals surface area contributed by atoms with Crippen LogP contribution in [-0.4, -0.2) is 57.0 Å². The van der Waals surface area contributed by atoms with Crippen molar-refractivity contribution in [1.82, 2.24) is 4.98 Å². The zero-order valence-corrected chi connectivity index (χ0v) is 22.7. The number of carbonyl (C=O) groups excluding carboxylic acids is 2. The Hall–Kier alpha value is -2.03. The number of aliphatic hydroxyl groups is 2. The molecule has 8 heteroatoms. The molecule has 0 unspecified atom stereocenters. The number of aromatic nitrogens is 1. The summed E-state index contributed by atoms with van der Waals surface area (Å²) in [6, 6.07) is 0. The van der Waals surface area contributed by atoms with Gasteiger partial charge in [-0.15, -0.1) is 0 Å². The minimum absolute atomic E-state index is 0.0721. The van der Waals surface area contributed by atoms with E-state index in [4.69, 9.17) is 13.9 Å². The Morgan fingerprint density at radius 2 is 1.94 bits per heavy atom. The summed E-state index contributed by atoms with van der Waals surface area (Å²) in [7, 11) is 0. The van der Waals surface area contributed by atoms with Gasteiger partial charge in [-0.25, -0.2) is 4.98 Å². The fourth-order valence-electron chi connectivity index (χ4n) is 5.29. The average Bonchev–Trinajstić information content (AvgIpc) is 3.24. The van der Waals surface area contributed by atoms with E-state index in [9.17, 15) is 19.8 Å². The van der Waals surface area contributed by atoms with Crippen LogP contribution in [0.4, 0.5) is 0 Å². The van der Waals surface area contributed by atoms with E-state index < -0.39 is 35.6 Å². The van der Waals surface area contributed by atoms with Crippen molar-refractivity contribution >= 4 is 17.8 Å². The number of oxazole rings is 1. The average molecular weight is 506 g/mol. The SMILES string of the molecule is CC[C@H]1C(=O)C(C)(C)[C@@H](O)CC(=O)O[C@H](C(C)=Cc2coc(C)n2)C[C@@H]2O[C@]2(C)CCC[C@H](C)[C@@H]1O. The second-order valence-corrected chi connectivity index (χ2v) is 11.5. The van der Waals surface area contributed by atoms with Crippen LogP contribution in [0.25, 0.3) is 6.08 Å². The van der Waals surface area contributed by atoms with Gasteiger partial charge >= 0.3 is 5.97 Å². The van der Waals surface area contributed by atoms with Crippen LogP contribution in [0.1, 0.15) is 91.7 Å². The van der Waals surface area contributed by atoms with E-state index in [2.05, 4.69) is 11.9 Å². The van der Waals surface area contributed by atoms with Crippen LogP contribution in [0, 0.1) is 24.2 Å². The van der Waals surface area contributed by atoms with Crippen LogP contribution < -0.4 is 0 Å². The molecule has 0 saturated carbocycles. The fourth-order valence-corrected chi connectivity index (χ4v) is 5.29. The van der Waals surface area contributed by atoms with Crippen molar-refractivity contribution in [3.05, 3.63) is 23.4 Å². The van der Waals surface area contributed by atoms with Crippen molar-refractivity contribution in [2.24, 2.45) is 17.3 Å². The number of aryl methyl sites for hydroxylation is 1. The molecule has 8 nitrogen and oxygen atoms in total. The molecule has 0 aliphatic carbocycles. The van der Waals surface area contributed by atoms with E-state index in [1.807, 2.05) is 26.8 Å². The van der Waals surface area contributed by atoms with Gasteiger partial charge in [0.15, 0.2) is 5.89 Å². The molecule has 202 valence electrons. The number of carbonyl (C=O) groups is 2. The number of esters is 1. The van der Waals surface area contributed by atoms with Crippen LogP contribution in [0.2, 0.25) is 0 Å². The van der Waals surface area contributed by atoms with Crippen LogP contribution in [-0.2, 0) is 19.1 Å². The number of hydrogen-bond acceptors (Lipinski definition) is 8. The number of ketones is 1. The van der Waals surface area contributed by atoms with Crippen LogP contribution in [0.3, 0.4) is 0 Å². The van der Waals surface area contributed by atoms with Gasteiger partial charge in [0, 0.05) is 19.3 Å². The van der Waals surface area contributed by atoms with Crippen molar-refractivity contribution in [3.63, 3.8) is 0 Å². The Morgan fingerprint density at radius 1 is 1.25 bits per heavy atom. The highest BCUT2D eigenvalue weighted by Gasteiger charge is 2.53. The second-order valence-electron chi connectivity index (χ2n) is 11.5. The predicted octanol–water partition coefficient (Wildman–Crippen LogP) is 4.40. The third kappa shape index (κ3) is 6.45. The Balaban J connectivity index is 1.87. The Kier molecular flexibility index (Phi) is 8.84. The molecule has 2 aliphatic rings. The third-order valence-electron chi connectivity index (χ3n) is 8.19. The first kappa shape index (κ1) is 28.5. The number of ether oxygens (including phenoxy) is 2. The summed E-state index contributed by atoms with van der Waals surface area (Å²) in [5.74, 6) is -0.966.